The molecule has 148 valence electrons. The van der Waals surface area contributed by atoms with Crippen molar-refractivity contribution in [3.05, 3.63) is 0 Å². The number of piperidine rings is 2. The van der Waals surface area contributed by atoms with Gasteiger partial charge in [0.15, 0.2) is 0 Å². The minimum atomic E-state index is -0.457. The zero-order valence-electron chi connectivity index (χ0n) is 16.4. The predicted octanol–water partition coefficient (Wildman–Crippen LogP) is 0.325. The zero-order chi connectivity index (χ0) is 18.9. The molecule has 3 rings (SSSR count). The summed E-state index contributed by atoms with van der Waals surface area (Å²) in [4.78, 5) is 26.9. The van der Waals surface area contributed by atoms with E-state index in [1.54, 1.807) is 9.80 Å². The molecule has 0 saturated carbocycles. The van der Waals surface area contributed by atoms with E-state index in [0.717, 1.165) is 51.8 Å². The molecule has 1 atom stereocenters. The van der Waals surface area contributed by atoms with Crippen molar-refractivity contribution in [2.75, 3.05) is 32.8 Å². The molecule has 0 aliphatic carbocycles. The molecule has 0 unspecified atom stereocenters. The average molecular weight is 368 g/mol. The third kappa shape index (κ3) is 4.49. The number of quaternary nitrogens is 1. The Morgan fingerprint density at radius 1 is 1.19 bits per heavy atom. The number of carbonyl (C=O) groups excluding carboxylic acids is 2. The molecule has 7 heteroatoms. The molecule has 0 bridgehead atoms. The second kappa shape index (κ2) is 7.35. The zero-order valence-corrected chi connectivity index (χ0v) is 16.4. The lowest BCUT2D eigenvalue weighted by atomic mass is 9.86. The Morgan fingerprint density at radius 3 is 2.35 bits per heavy atom. The highest BCUT2D eigenvalue weighted by Crippen LogP contribution is 2.35. The maximum Gasteiger partial charge on any atom is 0.410 e. The van der Waals surface area contributed by atoms with Crippen molar-refractivity contribution in [2.45, 2.75) is 70.1 Å². The average Bonchev–Trinajstić information content (AvgIpc) is 2.98. The standard InChI is InChI=1S/C19H33N3O4/c1-18(2,3)26-17(24)22-10-6-19(7-11-22)12-15(13-25-19)21-8-4-14(5-9-21)16(20)23/h14-15H,4-13H2,1-3H3,(H2,20,23)/p+1/t15-/m0/s1. The number of likely N-dealkylation sites (tertiary alicyclic amines) is 2. The Bertz CT molecular complexity index is 529. The van der Waals surface area contributed by atoms with Crippen LogP contribution in [0.25, 0.3) is 0 Å². The van der Waals surface area contributed by atoms with E-state index in [4.69, 9.17) is 15.2 Å². The molecule has 3 saturated heterocycles. The molecule has 26 heavy (non-hydrogen) atoms. The number of carbonyl (C=O) groups is 2. The van der Waals surface area contributed by atoms with Gasteiger partial charge in [-0.15, -0.1) is 0 Å². The summed E-state index contributed by atoms with van der Waals surface area (Å²) in [7, 11) is 0. The Morgan fingerprint density at radius 2 is 1.81 bits per heavy atom. The third-order valence-corrected chi connectivity index (χ3v) is 6.14. The van der Waals surface area contributed by atoms with Crippen LogP contribution in [0, 0.1) is 5.92 Å². The van der Waals surface area contributed by atoms with Crippen LogP contribution in [0.3, 0.4) is 0 Å². The molecule has 3 aliphatic heterocycles. The fourth-order valence-corrected chi connectivity index (χ4v) is 4.56. The summed E-state index contributed by atoms with van der Waals surface area (Å²) >= 11 is 0. The SMILES string of the molecule is CC(C)(C)OC(=O)N1CCC2(CC1)C[C@H]([NH+]1CCC(C(N)=O)CC1)CO2. The van der Waals surface area contributed by atoms with Crippen LogP contribution in [-0.2, 0) is 14.3 Å². The number of primary amides is 1. The lowest BCUT2D eigenvalue weighted by molar-refractivity contribution is -0.929. The van der Waals surface area contributed by atoms with Crippen LogP contribution in [0.15, 0.2) is 0 Å². The molecular weight excluding hydrogens is 334 g/mol. The summed E-state index contributed by atoms with van der Waals surface area (Å²) in [6, 6.07) is 0.497. The maximum atomic E-state index is 12.2. The van der Waals surface area contributed by atoms with E-state index in [9.17, 15) is 9.59 Å². The summed E-state index contributed by atoms with van der Waals surface area (Å²) in [5.41, 5.74) is 4.89. The van der Waals surface area contributed by atoms with Crippen LogP contribution in [0.2, 0.25) is 0 Å². The topological polar surface area (TPSA) is 86.3 Å². The monoisotopic (exact) mass is 368 g/mol. The Labute approximate surface area is 156 Å². The van der Waals surface area contributed by atoms with Crippen molar-refractivity contribution in [2.24, 2.45) is 11.7 Å². The van der Waals surface area contributed by atoms with Crippen molar-refractivity contribution >= 4 is 12.0 Å². The number of nitrogens with two attached hydrogens (primary N) is 1. The minimum Gasteiger partial charge on any atom is -0.444 e. The lowest BCUT2D eigenvalue weighted by Gasteiger charge is -2.39. The van der Waals surface area contributed by atoms with Gasteiger partial charge in [0.25, 0.3) is 0 Å². The Kier molecular flexibility index (Phi) is 5.49. The third-order valence-electron chi connectivity index (χ3n) is 6.14. The van der Waals surface area contributed by atoms with Crippen molar-refractivity contribution in [1.29, 1.82) is 0 Å². The van der Waals surface area contributed by atoms with Gasteiger partial charge in [-0.1, -0.05) is 0 Å². The number of nitrogens with zero attached hydrogens (tertiary/aromatic N) is 1. The molecule has 7 nitrogen and oxygen atoms in total. The van der Waals surface area contributed by atoms with Gasteiger partial charge in [0.05, 0.1) is 25.3 Å². The van der Waals surface area contributed by atoms with Crippen molar-refractivity contribution < 1.29 is 24.0 Å². The Hall–Kier alpha value is -1.34. The van der Waals surface area contributed by atoms with Crippen LogP contribution in [0.1, 0.15) is 52.9 Å². The van der Waals surface area contributed by atoms with Gasteiger partial charge in [-0.05, 0) is 33.6 Å². The number of ether oxygens (including phenoxy) is 2. The van der Waals surface area contributed by atoms with E-state index in [1.165, 1.54) is 0 Å². The van der Waals surface area contributed by atoms with Crippen molar-refractivity contribution in [3.63, 3.8) is 0 Å². The van der Waals surface area contributed by atoms with Crippen LogP contribution in [0.5, 0.6) is 0 Å². The smallest absolute Gasteiger partial charge is 0.410 e. The molecule has 0 aromatic heterocycles. The first kappa shape index (κ1) is 19.4. The van der Waals surface area contributed by atoms with Gasteiger partial charge < -0.3 is 25.0 Å². The van der Waals surface area contributed by atoms with Gasteiger partial charge in [0.2, 0.25) is 5.91 Å². The van der Waals surface area contributed by atoms with Gasteiger partial charge in [-0.25, -0.2) is 4.79 Å². The van der Waals surface area contributed by atoms with Gasteiger partial charge in [-0.2, -0.15) is 0 Å². The molecule has 3 N–H and O–H groups in total. The first-order valence-electron chi connectivity index (χ1n) is 9.93. The molecule has 1 spiro atoms. The first-order chi connectivity index (χ1) is 12.2. The predicted molar refractivity (Wildman–Crippen MR) is 96.7 cm³/mol. The molecule has 0 aromatic rings. The molecule has 0 radical (unpaired) electrons. The normalized spacial score (nSPS) is 31.8. The van der Waals surface area contributed by atoms with Crippen LogP contribution < -0.4 is 10.6 Å². The highest BCUT2D eigenvalue weighted by Gasteiger charge is 2.47. The van der Waals surface area contributed by atoms with Crippen molar-refractivity contribution in [3.8, 4) is 0 Å². The van der Waals surface area contributed by atoms with Gasteiger partial charge in [0.1, 0.15) is 11.6 Å². The van der Waals surface area contributed by atoms with Crippen LogP contribution >= 0.6 is 0 Å². The van der Waals surface area contributed by atoms with Crippen molar-refractivity contribution in [1.82, 2.24) is 4.90 Å². The molecule has 2 amide bonds. The summed E-state index contributed by atoms with van der Waals surface area (Å²) in [5.74, 6) is -0.107. The van der Waals surface area contributed by atoms with E-state index in [1.807, 2.05) is 20.8 Å². The maximum absolute atomic E-state index is 12.2. The highest BCUT2D eigenvalue weighted by atomic mass is 16.6. The van der Waals surface area contributed by atoms with Gasteiger partial charge in [-0.3, -0.25) is 4.79 Å². The highest BCUT2D eigenvalue weighted by molar-refractivity contribution is 5.76. The number of hydrogen-bond donors (Lipinski definition) is 2. The molecular formula is C19H34N3O4+. The van der Waals surface area contributed by atoms with E-state index < -0.39 is 5.60 Å². The molecule has 0 aromatic carbocycles. The number of amides is 2. The quantitative estimate of drug-likeness (QED) is 0.735. The fourth-order valence-electron chi connectivity index (χ4n) is 4.56. The first-order valence-corrected chi connectivity index (χ1v) is 9.93. The molecule has 3 aliphatic rings. The van der Waals surface area contributed by atoms with E-state index in [2.05, 4.69) is 0 Å². The number of nitrogens with one attached hydrogen (secondary N) is 1. The summed E-state index contributed by atoms with van der Waals surface area (Å²) in [6.07, 6.45) is 4.35. The minimum absolute atomic E-state index is 0.0482. The fraction of sp³-hybridized carbons (Fsp3) is 0.895. The van der Waals surface area contributed by atoms with Gasteiger partial charge in [0, 0.05) is 38.3 Å². The molecule has 3 fully saturated rings. The van der Waals surface area contributed by atoms with E-state index in [0.29, 0.717) is 19.1 Å². The van der Waals surface area contributed by atoms with Gasteiger partial charge >= 0.3 is 6.09 Å². The number of hydrogen-bond acceptors (Lipinski definition) is 4. The van der Waals surface area contributed by atoms with Crippen LogP contribution in [0.4, 0.5) is 4.79 Å². The van der Waals surface area contributed by atoms with E-state index in [-0.39, 0.29) is 23.5 Å². The summed E-state index contributed by atoms with van der Waals surface area (Å²) in [5, 5.41) is 0. The molecule has 3 heterocycles. The largest absolute Gasteiger partial charge is 0.444 e. The van der Waals surface area contributed by atoms with Crippen LogP contribution in [-0.4, -0.2) is 66.9 Å². The second-order valence-corrected chi connectivity index (χ2v) is 9.20. The summed E-state index contributed by atoms with van der Waals surface area (Å²) < 4.78 is 11.7. The number of rotatable bonds is 2. The van der Waals surface area contributed by atoms with E-state index >= 15 is 0 Å². The second-order valence-electron chi connectivity index (χ2n) is 9.20. The summed E-state index contributed by atoms with van der Waals surface area (Å²) in [6.45, 7) is 9.86. The lowest BCUT2D eigenvalue weighted by Crippen LogP contribution is -3.17. The Balaban J connectivity index is 1.47.